The molecule has 1 aliphatic rings. The fourth-order valence-electron chi connectivity index (χ4n) is 3.33. The molecule has 0 aromatic carbocycles. The lowest BCUT2D eigenvalue weighted by molar-refractivity contribution is -0.174. The number of hydrogen-bond donors (Lipinski definition) is 2. The molecule has 6 nitrogen and oxygen atoms in total. The third-order valence-corrected chi connectivity index (χ3v) is 4.88. The highest BCUT2D eigenvalue weighted by Crippen LogP contribution is 2.40. The molecule has 3 rings (SSSR count). The van der Waals surface area contributed by atoms with E-state index in [1.807, 2.05) is 32.9 Å². The summed E-state index contributed by atoms with van der Waals surface area (Å²) in [4.78, 5) is 16.7. The van der Waals surface area contributed by atoms with Crippen molar-refractivity contribution in [3.63, 3.8) is 0 Å². The Morgan fingerprint density at radius 1 is 1.36 bits per heavy atom. The summed E-state index contributed by atoms with van der Waals surface area (Å²) < 4.78 is 41.5. The first-order chi connectivity index (χ1) is 13.1. The minimum Gasteiger partial charge on any atom is -0.367 e. The van der Waals surface area contributed by atoms with Gasteiger partial charge in [0, 0.05) is 36.5 Å². The average molecular weight is 395 g/mol. The van der Waals surface area contributed by atoms with E-state index in [4.69, 9.17) is 0 Å². The van der Waals surface area contributed by atoms with Gasteiger partial charge in [0.25, 0.3) is 5.91 Å². The fourth-order valence-corrected chi connectivity index (χ4v) is 3.33. The Morgan fingerprint density at radius 3 is 2.71 bits per heavy atom. The number of alkyl halides is 3. The highest BCUT2D eigenvalue weighted by atomic mass is 19.4. The first-order valence-corrected chi connectivity index (χ1v) is 9.28. The van der Waals surface area contributed by atoms with Crippen LogP contribution in [0.4, 0.5) is 19.0 Å². The van der Waals surface area contributed by atoms with Crippen molar-refractivity contribution in [2.24, 2.45) is 5.92 Å². The van der Waals surface area contributed by atoms with Gasteiger partial charge in [0.2, 0.25) is 0 Å². The summed E-state index contributed by atoms with van der Waals surface area (Å²) in [5.41, 5.74) is 0.784. The lowest BCUT2D eigenvalue weighted by Gasteiger charge is -2.35. The number of nitrogens with zero attached hydrogens (tertiary/aromatic N) is 3. The van der Waals surface area contributed by atoms with E-state index in [1.165, 1.54) is 6.07 Å². The number of pyridine rings is 1. The van der Waals surface area contributed by atoms with Crippen LogP contribution in [0.2, 0.25) is 0 Å². The number of fused-ring (bicyclic) bond motifs is 1. The zero-order chi connectivity index (χ0) is 20.5. The standard InChI is InChI=1S/C19H24F3N5O/c1-11(2)14-9-16(19(20,21)22)27-17(25-14)10-15(26-27)18(28)24-12(3)8-13-6-4-5-7-23-13/h4-7,10-12,14,16,25H,8-9H2,1-3H3,(H,24,28)/t12-,14-,16+/m0/s1. The molecule has 0 bridgehead atoms. The molecule has 0 spiro atoms. The van der Waals surface area contributed by atoms with Gasteiger partial charge in [0.15, 0.2) is 11.7 Å². The zero-order valence-corrected chi connectivity index (χ0v) is 16.0. The number of halogens is 3. The molecule has 0 saturated carbocycles. The van der Waals surface area contributed by atoms with E-state index in [2.05, 4.69) is 20.7 Å². The Labute approximate surface area is 161 Å². The van der Waals surface area contributed by atoms with E-state index in [1.54, 1.807) is 12.3 Å². The second-order valence-electron chi connectivity index (χ2n) is 7.55. The third kappa shape index (κ3) is 4.45. The van der Waals surface area contributed by atoms with E-state index in [9.17, 15) is 18.0 Å². The van der Waals surface area contributed by atoms with Crippen LogP contribution in [0.5, 0.6) is 0 Å². The Balaban J connectivity index is 1.76. The maximum Gasteiger partial charge on any atom is 0.410 e. The molecule has 2 N–H and O–H groups in total. The number of hydrogen-bond acceptors (Lipinski definition) is 4. The number of aromatic nitrogens is 3. The van der Waals surface area contributed by atoms with Crippen LogP contribution in [0.15, 0.2) is 30.5 Å². The Bertz CT molecular complexity index is 819. The third-order valence-electron chi connectivity index (χ3n) is 4.88. The number of carbonyl (C=O) groups is 1. The van der Waals surface area contributed by atoms with Gasteiger partial charge in [0.1, 0.15) is 5.82 Å². The molecular weight excluding hydrogens is 371 g/mol. The molecular formula is C19H24F3N5O. The van der Waals surface area contributed by atoms with Crippen molar-refractivity contribution >= 4 is 11.7 Å². The van der Waals surface area contributed by atoms with Gasteiger partial charge in [-0.2, -0.15) is 18.3 Å². The molecule has 1 amide bonds. The minimum atomic E-state index is -4.43. The van der Waals surface area contributed by atoms with Gasteiger partial charge in [-0.3, -0.25) is 9.78 Å². The maximum atomic E-state index is 13.5. The van der Waals surface area contributed by atoms with Crippen molar-refractivity contribution in [2.45, 2.75) is 57.9 Å². The quantitative estimate of drug-likeness (QED) is 0.812. The number of amides is 1. The van der Waals surface area contributed by atoms with Crippen molar-refractivity contribution in [3.05, 3.63) is 41.9 Å². The van der Waals surface area contributed by atoms with E-state index in [-0.39, 0.29) is 35.9 Å². The minimum absolute atomic E-state index is 0.0178. The molecule has 2 aromatic rings. The Morgan fingerprint density at radius 2 is 2.11 bits per heavy atom. The van der Waals surface area contributed by atoms with Crippen molar-refractivity contribution in [1.29, 1.82) is 0 Å². The molecule has 152 valence electrons. The van der Waals surface area contributed by atoms with Crippen molar-refractivity contribution in [3.8, 4) is 0 Å². The van der Waals surface area contributed by atoms with Gasteiger partial charge >= 0.3 is 6.18 Å². The van der Waals surface area contributed by atoms with Crippen LogP contribution in [0, 0.1) is 5.92 Å². The van der Waals surface area contributed by atoms with Crippen molar-refractivity contribution in [2.75, 3.05) is 5.32 Å². The molecule has 0 saturated heterocycles. The number of carbonyl (C=O) groups excluding carboxylic acids is 1. The van der Waals surface area contributed by atoms with Gasteiger partial charge in [-0.15, -0.1) is 0 Å². The second kappa shape index (κ2) is 7.81. The van der Waals surface area contributed by atoms with E-state index >= 15 is 0 Å². The van der Waals surface area contributed by atoms with Crippen LogP contribution in [0.3, 0.4) is 0 Å². The lowest BCUT2D eigenvalue weighted by Crippen LogP contribution is -2.41. The van der Waals surface area contributed by atoms with Crippen LogP contribution in [-0.4, -0.2) is 38.9 Å². The van der Waals surface area contributed by atoms with Gasteiger partial charge in [-0.25, -0.2) is 4.68 Å². The molecule has 3 atom stereocenters. The summed E-state index contributed by atoms with van der Waals surface area (Å²) in [6.07, 6.45) is -2.37. The molecule has 2 aromatic heterocycles. The van der Waals surface area contributed by atoms with Crippen LogP contribution in [-0.2, 0) is 6.42 Å². The smallest absolute Gasteiger partial charge is 0.367 e. The number of nitrogens with one attached hydrogen (secondary N) is 2. The van der Waals surface area contributed by atoms with Crippen LogP contribution >= 0.6 is 0 Å². The Hall–Kier alpha value is -2.58. The molecule has 1 aliphatic heterocycles. The van der Waals surface area contributed by atoms with Crippen LogP contribution in [0.1, 0.15) is 49.4 Å². The topological polar surface area (TPSA) is 71.8 Å². The van der Waals surface area contributed by atoms with Crippen molar-refractivity contribution in [1.82, 2.24) is 20.1 Å². The monoisotopic (exact) mass is 395 g/mol. The van der Waals surface area contributed by atoms with Gasteiger partial charge in [-0.05, 0) is 31.4 Å². The molecule has 0 aliphatic carbocycles. The average Bonchev–Trinajstić information content (AvgIpc) is 3.04. The lowest BCUT2D eigenvalue weighted by atomic mass is 9.94. The summed E-state index contributed by atoms with van der Waals surface area (Å²) in [5, 5.41) is 9.81. The molecule has 28 heavy (non-hydrogen) atoms. The molecule has 3 heterocycles. The van der Waals surface area contributed by atoms with Crippen LogP contribution < -0.4 is 10.6 Å². The summed E-state index contributed by atoms with van der Waals surface area (Å²) in [6, 6.07) is 4.57. The Kier molecular flexibility index (Phi) is 5.62. The highest BCUT2D eigenvalue weighted by molar-refractivity contribution is 5.93. The summed E-state index contributed by atoms with van der Waals surface area (Å²) in [6.45, 7) is 5.54. The largest absolute Gasteiger partial charge is 0.410 e. The summed E-state index contributed by atoms with van der Waals surface area (Å²) >= 11 is 0. The normalized spacial score (nSPS) is 20.4. The SMILES string of the molecule is CC(C)[C@@H]1C[C@H](C(F)(F)F)n2nc(C(=O)N[C@@H](C)Cc3ccccn3)cc2N1. The van der Waals surface area contributed by atoms with Gasteiger partial charge in [-0.1, -0.05) is 19.9 Å². The molecule has 0 radical (unpaired) electrons. The zero-order valence-electron chi connectivity index (χ0n) is 16.0. The first kappa shape index (κ1) is 20.2. The number of rotatable bonds is 5. The van der Waals surface area contributed by atoms with Gasteiger partial charge in [0.05, 0.1) is 0 Å². The predicted octanol–water partition coefficient (Wildman–Crippen LogP) is 3.58. The predicted molar refractivity (Wildman–Crippen MR) is 99.1 cm³/mol. The van der Waals surface area contributed by atoms with E-state index in [0.717, 1.165) is 10.4 Å². The fraction of sp³-hybridized carbons (Fsp3) is 0.526. The van der Waals surface area contributed by atoms with Crippen molar-refractivity contribution < 1.29 is 18.0 Å². The van der Waals surface area contributed by atoms with Gasteiger partial charge < -0.3 is 10.6 Å². The van der Waals surface area contributed by atoms with E-state index in [0.29, 0.717) is 6.42 Å². The van der Waals surface area contributed by atoms with E-state index < -0.39 is 18.1 Å². The molecule has 0 fully saturated rings. The maximum absolute atomic E-state index is 13.5. The molecule has 0 unspecified atom stereocenters. The summed E-state index contributed by atoms with van der Waals surface area (Å²) in [7, 11) is 0. The first-order valence-electron chi connectivity index (χ1n) is 9.28. The number of anilines is 1. The highest BCUT2D eigenvalue weighted by Gasteiger charge is 2.47. The summed E-state index contributed by atoms with van der Waals surface area (Å²) in [5.74, 6) is -0.270. The second-order valence-corrected chi connectivity index (χ2v) is 7.55. The van der Waals surface area contributed by atoms with Crippen LogP contribution in [0.25, 0.3) is 0 Å². The molecule has 9 heteroatoms.